The average molecular weight is 544 g/mol. The Labute approximate surface area is 231 Å². The molecule has 200 valence electrons. The van der Waals surface area contributed by atoms with E-state index in [9.17, 15) is 14.7 Å². The predicted molar refractivity (Wildman–Crippen MR) is 152 cm³/mol. The number of rotatable bonds is 10. The third kappa shape index (κ3) is 6.37. The maximum Gasteiger partial charge on any atom is 0.258 e. The number of carbonyl (C=O) groups excluding carboxylic acids is 2. The van der Waals surface area contributed by atoms with Crippen LogP contribution in [0.5, 0.6) is 0 Å². The number of nitrogens with zero attached hydrogens (tertiary/aromatic N) is 3. The summed E-state index contributed by atoms with van der Waals surface area (Å²) in [5, 5.41) is 18.1. The number of aliphatic hydroxyl groups is 1. The van der Waals surface area contributed by atoms with E-state index in [1.807, 2.05) is 36.4 Å². The van der Waals surface area contributed by atoms with Crippen LogP contribution in [0.3, 0.4) is 0 Å². The summed E-state index contributed by atoms with van der Waals surface area (Å²) in [5.74, 6) is -0.311. The molecule has 2 heterocycles. The summed E-state index contributed by atoms with van der Waals surface area (Å²) in [7, 11) is 0. The van der Waals surface area contributed by atoms with E-state index in [-0.39, 0.29) is 24.7 Å². The van der Waals surface area contributed by atoms with Gasteiger partial charge in [0.05, 0.1) is 30.6 Å². The number of aliphatic hydroxyl groups excluding tert-OH is 1. The minimum Gasteiger partial charge on any atom is -0.395 e. The van der Waals surface area contributed by atoms with E-state index in [1.54, 1.807) is 23.0 Å². The second-order valence-electron chi connectivity index (χ2n) is 9.55. The molecule has 2 aromatic carbocycles. The van der Waals surface area contributed by atoms with Crippen LogP contribution in [0.1, 0.15) is 40.5 Å². The molecule has 2 aromatic heterocycles. The van der Waals surface area contributed by atoms with E-state index in [4.69, 9.17) is 11.6 Å². The van der Waals surface area contributed by atoms with Gasteiger partial charge in [-0.3, -0.25) is 19.2 Å². The van der Waals surface area contributed by atoms with Crippen molar-refractivity contribution in [3.05, 3.63) is 106 Å². The van der Waals surface area contributed by atoms with Gasteiger partial charge in [-0.25, -0.2) is 0 Å². The van der Waals surface area contributed by atoms with Crippen molar-refractivity contribution in [3.63, 3.8) is 0 Å². The molecule has 0 radical (unpaired) electrons. The molecule has 0 spiro atoms. The van der Waals surface area contributed by atoms with Crippen LogP contribution in [0.2, 0.25) is 5.02 Å². The number of Topliss-reactive ketones (excluding diaryl/α,β-unsaturated/α-hetero) is 1. The highest BCUT2D eigenvalue weighted by atomic mass is 35.5. The number of carbonyl (C=O) groups is 2. The van der Waals surface area contributed by atoms with Crippen molar-refractivity contribution >= 4 is 39.8 Å². The first kappa shape index (κ1) is 26.6. The number of nitrogens with one attached hydrogen (secondary N) is 2. The van der Waals surface area contributed by atoms with Gasteiger partial charge in [-0.05, 0) is 54.1 Å². The Bertz CT molecular complexity index is 1560. The van der Waals surface area contributed by atoms with Crippen molar-refractivity contribution in [2.75, 3.05) is 19.7 Å². The van der Waals surface area contributed by atoms with Crippen molar-refractivity contribution in [2.24, 2.45) is 0 Å². The lowest BCUT2D eigenvalue weighted by Crippen LogP contribution is -2.25. The van der Waals surface area contributed by atoms with E-state index in [1.165, 1.54) is 6.20 Å². The first-order chi connectivity index (χ1) is 18.9. The number of fused-ring (bicyclic) bond motifs is 1. The van der Waals surface area contributed by atoms with Gasteiger partial charge in [0, 0.05) is 52.9 Å². The van der Waals surface area contributed by atoms with Crippen LogP contribution < -0.4 is 5.32 Å². The van der Waals surface area contributed by atoms with Crippen LogP contribution in [0.15, 0.2) is 78.8 Å². The van der Waals surface area contributed by atoms with Gasteiger partial charge in [-0.2, -0.15) is 5.10 Å². The van der Waals surface area contributed by atoms with Crippen molar-refractivity contribution in [1.82, 2.24) is 25.0 Å². The lowest BCUT2D eigenvalue weighted by atomic mass is 9.98. The molecule has 0 aliphatic heterocycles. The largest absolute Gasteiger partial charge is 0.395 e. The minimum atomic E-state index is -0.293. The molecule has 1 amide bonds. The fourth-order valence-corrected chi connectivity index (χ4v) is 4.77. The van der Waals surface area contributed by atoms with Crippen LogP contribution in [0, 0.1) is 0 Å². The summed E-state index contributed by atoms with van der Waals surface area (Å²) >= 11 is 5.95. The highest BCUT2D eigenvalue weighted by Crippen LogP contribution is 2.27. The summed E-state index contributed by atoms with van der Waals surface area (Å²) in [5.41, 5.74) is 5.33. The van der Waals surface area contributed by atoms with Crippen LogP contribution in [-0.4, -0.2) is 56.2 Å². The zero-order valence-corrected chi connectivity index (χ0v) is 22.4. The Morgan fingerprint density at radius 1 is 1.18 bits per heavy atom. The fourth-order valence-electron chi connectivity index (χ4n) is 4.64. The van der Waals surface area contributed by atoms with Crippen molar-refractivity contribution < 1.29 is 14.7 Å². The molecule has 0 fully saturated rings. The molecule has 9 heteroatoms. The van der Waals surface area contributed by atoms with E-state index >= 15 is 0 Å². The Morgan fingerprint density at radius 3 is 2.74 bits per heavy atom. The molecule has 39 heavy (non-hydrogen) atoms. The fraction of sp³-hybridized carbons (Fsp3) is 0.233. The van der Waals surface area contributed by atoms with Gasteiger partial charge in [0.1, 0.15) is 0 Å². The number of aromatic amines is 1. The molecule has 8 nitrogen and oxygen atoms in total. The zero-order chi connectivity index (χ0) is 27.4. The first-order valence-corrected chi connectivity index (χ1v) is 13.3. The predicted octanol–water partition coefficient (Wildman–Crippen LogP) is 4.55. The molecular weight excluding hydrogens is 514 g/mol. The second-order valence-corrected chi connectivity index (χ2v) is 9.99. The Balaban J connectivity index is 1.29. The Kier molecular flexibility index (Phi) is 8.07. The number of aromatic nitrogens is 3. The highest BCUT2D eigenvalue weighted by Gasteiger charge is 2.20. The van der Waals surface area contributed by atoms with E-state index in [0.717, 1.165) is 35.1 Å². The number of benzene rings is 2. The number of hydrogen-bond donors (Lipinski definition) is 3. The number of ketones is 1. The topological polar surface area (TPSA) is 103 Å². The third-order valence-corrected chi connectivity index (χ3v) is 7.02. The van der Waals surface area contributed by atoms with Crippen molar-refractivity contribution in [3.8, 4) is 0 Å². The van der Waals surface area contributed by atoms with E-state index in [2.05, 4.69) is 39.4 Å². The normalized spacial score (nSPS) is 13.6. The monoisotopic (exact) mass is 543 g/mol. The zero-order valence-electron chi connectivity index (χ0n) is 21.7. The molecule has 1 aliphatic carbocycles. The quantitative estimate of drug-likeness (QED) is 0.272. The highest BCUT2D eigenvalue weighted by molar-refractivity contribution is 6.30. The smallest absolute Gasteiger partial charge is 0.258 e. The summed E-state index contributed by atoms with van der Waals surface area (Å²) in [6, 6.07) is 15.6. The van der Waals surface area contributed by atoms with Gasteiger partial charge in [0.15, 0.2) is 5.78 Å². The van der Waals surface area contributed by atoms with E-state index in [0.29, 0.717) is 40.6 Å². The molecule has 0 atom stereocenters. The standard InChI is InChI=1S/C30H30ClN5O3/c1-2-35(11-12-37)17-21-5-9-27-22(13-21)14-28(34-27)26-15-25(8-10-29(26)38)33-30(39)23-16-32-36(19-23)18-20-3-6-24(31)7-4-20/h3-9,13-16,19,34,37H,2,10-12,17-18H2,1H3,(H,33,39). The number of likely N-dealkylation sites (N-methyl/N-ethyl adjacent to an activating group) is 1. The molecule has 0 saturated heterocycles. The number of hydrogen-bond acceptors (Lipinski definition) is 5. The molecule has 0 bridgehead atoms. The SMILES string of the molecule is CCN(CCO)Cc1ccc2[nH]c(C3=CC(NC(=O)c4cnn(Cc5ccc(Cl)cc5)c4)=CCC3=O)cc2c1. The van der Waals surface area contributed by atoms with Gasteiger partial charge in [-0.1, -0.05) is 42.8 Å². The second kappa shape index (κ2) is 11.8. The molecule has 4 aromatic rings. The van der Waals surface area contributed by atoms with Crippen LogP contribution in [0.25, 0.3) is 16.5 Å². The van der Waals surface area contributed by atoms with Crippen molar-refractivity contribution in [1.29, 1.82) is 0 Å². The van der Waals surface area contributed by atoms with Crippen LogP contribution in [-0.2, 0) is 17.9 Å². The number of H-pyrrole nitrogens is 1. The lowest BCUT2D eigenvalue weighted by Gasteiger charge is -2.19. The summed E-state index contributed by atoms with van der Waals surface area (Å²) in [4.78, 5) is 31.2. The average Bonchev–Trinajstić information content (AvgIpc) is 3.58. The first-order valence-electron chi connectivity index (χ1n) is 12.9. The van der Waals surface area contributed by atoms with Crippen LogP contribution >= 0.6 is 11.6 Å². The molecule has 0 unspecified atom stereocenters. The maximum absolute atomic E-state index is 12.9. The maximum atomic E-state index is 12.9. The van der Waals surface area contributed by atoms with Gasteiger partial charge in [0.25, 0.3) is 5.91 Å². The minimum absolute atomic E-state index is 0.0179. The van der Waals surface area contributed by atoms with Gasteiger partial charge >= 0.3 is 0 Å². The number of halogens is 1. The Morgan fingerprint density at radius 2 is 1.97 bits per heavy atom. The summed E-state index contributed by atoms with van der Waals surface area (Å²) in [6.07, 6.45) is 6.86. The lowest BCUT2D eigenvalue weighted by molar-refractivity contribution is -0.113. The Hall–Kier alpha value is -3.98. The molecule has 1 aliphatic rings. The van der Waals surface area contributed by atoms with Gasteiger partial charge in [0.2, 0.25) is 0 Å². The van der Waals surface area contributed by atoms with Crippen LogP contribution in [0.4, 0.5) is 0 Å². The molecular formula is C30H30ClN5O3. The van der Waals surface area contributed by atoms with Gasteiger partial charge in [-0.15, -0.1) is 0 Å². The molecule has 3 N–H and O–H groups in total. The number of allylic oxidation sites excluding steroid dienone is 3. The summed E-state index contributed by atoms with van der Waals surface area (Å²) < 4.78 is 1.69. The third-order valence-electron chi connectivity index (χ3n) is 6.76. The summed E-state index contributed by atoms with van der Waals surface area (Å²) in [6.45, 7) is 4.93. The number of amides is 1. The van der Waals surface area contributed by atoms with Crippen molar-refractivity contribution in [2.45, 2.75) is 26.4 Å². The van der Waals surface area contributed by atoms with Gasteiger partial charge < -0.3 is 15.4 Å². The molecule has 0 saturated carbocycles. The van der Waals surface area contributed by atoms with E-state index < -0.39 is 0 Å². The molecule has 5 rings (SSSR count).